The van der Waals surface area contributed by atoms with Crippen LogP contribution in [-0.4, -0.2) is 30.8 Å². The SMILES string of the molecule is COC(=O)CSCc1cccc(NC(=O)[C@@H](N)CC(C)C)c1.Cl. The van der Waals surface area contributed by atoms with Crippen LogP contribution in [0, 0.1) is 5.92 Å². The summed E-state index contributed by atoms with van der Waals surface area (Å²) in [5, 5.41) is 2.83. The van der Waals surface area contributed by atoms with Crippen LogP contribution >= 0.6 is 24.2 Å². The molecule has 23 heavy (non-hydrogen) atoms. The first kappa shape index (κ1) is 21.8. The number of hydrogen-bond donors (Lipinski definition) is 2. The molecule has 0 heterocycles. The minimum atomic E-state index is -0.502. The molecule has 1 rings (SSSR count). The number of thioether (sulfide) groups is 1. The molecule has 7 heteroatoms. The average Bonchev–Trinajstić information content (AvgIpc) is 2.46. The third-order valence-electron chi connectivity index (χ3n) is 2.97. The fourth-order valence-corrected chi connectivity index (χ4v) is 2.70. The summed E-state index contributed by atoms with van der Waals surface area (Å²) in [6.07, 6.45) is 0.653. The second-order valence-electron chi connectivity index (χ2n) is 5.49. The number of anilines is 1. The number of rotatable bonds is 8. The highest BCUT2D eigenvalue weighted by Crippen LogP contribution is 2.17. The van der Waals surface area contributed by atoms with Crippen molar-refractivity contribution >= 4 is 41.7 Å². The molecule has 0 saturated carbocycles. The van der Waals surface area contributed by atoms with Crippen LogP contribution in [0.15, 0.2) is 24.3 Å². The highest BCUT2D eigenvalue weighted by atomic mass is 35.5. The molecule has 0 spiro atoms. The molecule has 3 N–H and O–H groups in total. The molecule has 0 radical (unpaired) electrons. The average molecular weight is 361 g/mol. The first-order chi connectivity index (χ1) is 10.4. The summed E-state index contributed by atoms with van der Waals surface area (Å²) in [6.45, 7) is 4.07. The fraction of sp³-hybridized carbons (Fsp3) is 0.500. The van der Waals surface area contributed by atoms with Gasteiger partial charge in [-0.2, -0.15) is 0 Å². The van der Waals surface area contributed by atoms with Crippen molar-refractivity contribution in [3.63, 3.8) is 0 Å². The van der Waals surface area contributed by atoms with Gasteiger partial charge in [0.2, 0.25) is 5.91 Å². The number of ether oxygens (including phenoxy) is 1. The summed E-state index contributed by atoms with van der Waals surface area (Å²) in [5.41, 5.74) is 7.62. The summed E-state index contributed by atoms with van der Waals surface area (Å²) in [4.78, 5) is 23.1. The van der Waals surface area contributed by atoms with Gasteiger partial charge in [-0.1, -0.05) is 26.0 Å². The van der Waals surface area contributed by atoms with Gasteiger partial charge in [0.05, 0.1) is 18.9 Å². The molecule has 1 aromatic rings. The van der Waals surface area contributed by atoms with E-state index in [0.29, 0.717) is 23.8 Å². The molecular formula is C16H25ClN2O3S. The van der Waals surface area contributed by atoms with Gasteiger partial charge in [0, 0.05) is 11.4 Å². The minimum Gasteiger partial charge on any atom is -0.468 e. The zero-order valence-corrected chi connectivity index (χ0v) is 15.3. The van der Waals surface area contributed by atoms with Gasteiger partial charge >= 0.3 is 5.97 Å². The van der Waals surface area contributed by atoms with Crippen molar-refractivity contribution < 1.29 is 14.3 Å². The molecule has 1 aromatic carbocycles. The van der Waals surface area contributed by atoms with Crippen LogP contribution in [-0.2, 0) is 20.1 Å². The van der Waals surface area contributed by atoms with Gasteiger partial charge in [0.15, 0.2) is 0 Å². The molecule has 1 atom stereocenters. The monoisotopic (exact) mass is 360 g/mol. The van der Waals surface area contributed by atoms with E-state index >= 15 is 0 Å². The van der Waals surface area contributed by atoms with Crippen molar-refractivity contribution in [2.24, 2.45) is 11.7 Å². The molecule has 5 nitrogen and oxygen atoms in total. The van der Waals surface area contributed by atoms with E-state index in [0.717, 1.165) is 11.3 Å². The number of amides is 1. The van der Waals surface area contributed by atoms with E-state index in [9.17, 15) is 9.59 Å². The normalized spacial score (nSPS) is 11.5. The predicted molar refractivity (Wildman–Crippen MR) is 97.9 cm³/mol. The Hall–Kier alpha value is -1.24. The van der Waals surface area contributed by atoms with Gasteiger partial charge in [-0.3, -0.25) is 9.59 Å². The Kier molecular flexibility index (Phi) is 10.7. The summed E-state index contributed by atoms with van der Waals surface area (Å²) < 4.78 is 4.59. The third-order valence-corrected chi connectivity index (χ3v) is 3.95. The van der Waals surface area contributed by atoms with Crippen LogP contribution in [0.5, 0.6) is 0 Å². The fourth-order valence-electron chi connectivity index (χ4n) is 1.90. The number of benzene rings is 1. The molecular weight excluding hydrogens is 336 g/mol. The van der Waals surface area contributed by atoms with Gasteiger partial charge in [-0.25, -0.2) is 0 Å². The Balaban J connectivity index is 0.00000484. The van der Waals surface area contributed by atoms with Crippen molar-refractivity contribution in [1.29, 1.82) is 0 Å². The zero-order valence-electron chi connectivity index (χ0n) is 13.7. The third kappa shape index (κ3) is 8.83. The quantitative estimate of drug-likeness (QED) is 0.696. The van der Waals surface area contributed by atoms with Crippen molar-refractivity contribution in [2.75, 3.05) is 18.2 Å². The van der Waals surface area contributed by atoms with Gasteiger partial charge in [0.25, 0.3) is 0 Å². The van der Waals surface area contributed by atoms with E-state index in [-0.39, 0.29) is 24.3 Å². The molecule has 0 fully saturated rings. The molecule has 0 aliphatic rings. The van der Waals surface area contributed by atoms with Gasteiger partial charge in [0.1, 0.15) is 0 Å². The lowest BCUT2D eigenvalue weighted by molar-refractivity contribution is -0.137. The molecule has 0 bridgehead atoms. The number of esters is 1. The Bertz CT molecular complexity index is 512. The van der Waals surface area contributed by atoms with Gasteiger partial charge < -0.3 is 15.8 Å². The Labute approximate surface area is 148 Å². The van der Waals surface area contributed by atoms with E-state index in [1.54, 1.807) is 0 Å². The van der Waals surface area contributed by atoms with E-state index in [1.165, 1.54) is 18.9 Å². The number of methoxy groups -OCH3 is 1. The number of nitrogens with one attached hydrogen (secondary N) is 1. The molecule has 0 unspecified atom stereocenters. The van der Waals surface area contributed by atoms with Crippen molar-refractivity contribution in [1.82, 2.24) is 0 Å². The summed E-state index contributed by atoms with van der Waals surface area (Å²) in [5.74, 6) is 0.951. The molecule has 130 valence electrons. The van der Waals surface area contributed by atoms with Crippen LogP contribution < -0.4 is 11.1 Å². The Morgan fingerprint density at radius 3 is 2.65 bits per heavy atom. The number of carbonyl (C=O) groups excluding carboxylic acids is 2. The van der Waals surface area contributed by atoms with E-state index in [1.807, 2.05) is 38.1 Å². The smallest absolute Gasteiger partial charge is 0.315 e. The first-order valence-corrected chi connectivity index (χ1v) is 8.37. The number of nitrogens with two attached hydrogens (primary N) is 1. The van der Waals surface area contributed by atoms with Gasteiger partial charge in [-0.15, -0.1) is 24.2 Å². The highest BCUT2D eigenvalue weighted by molar-refractivity contribution is 7.99. The number of halogens is 1. The van der Waals surface area contributed by atoms with Crippen molar-refractivity contribution in [3.8, 4) is 0 Å². The molecule has 1 amide bonds. The lowest BCUT2D eigenvalue weighted by Gasteiger charge is -2.14. The number of hydrogen-bond acceptors (Lipinski definition) is 5. The predicted octanol–water partition coefficient (Wildman–Crippen LogP) is 2.83. The summed E-state index contributed by atoms with van der Waals surface area (Å²) in [7, 11) is 1.37. The van der Waals surface area contributed by atoms with Crippen molar-refractivity contribution in [2.45, 2.75) is 32.1 Å². The van der Waals surface area contributed by atoms with Crippen LogP contribution in [0.3, 0.4) is 0 Å². The lowest BCUT2D eigenvalue weighted by Crippen LogP contribution is -2.36. The van der Waals surface area contributed by atoms with Crippen molar-refractivity contribution in [3.05, 3.63) is 29.8 Å². The standard InChI is InChI=1S/C16H24N2O3S.ClH/c1-11(2)7-14(17)16(20)18-13-6-4-5-12(8-13)9-22-10-15(19)21-3;/h4-6,8,11,14H,7,9-10,17H2,1-3H3,(H,18,20);1H/t14-;/m0./s1. The van der Waals surface area contributed by atoms with Crippen LogP contribution in [0.4, 0.5) is 5.69 Å². The van der Waals surface area contributed by atoms with E-state index in [2.05, 4.69) is 10.1 Å². The van der Waals surface area contributed by atoms with E-state index < -0.39 is 6.04 Å². The first-order valence-electron chi connectivity index (χ1n) is 7.22. The second-order valence-corrected chi connectivity index (χ2v) is 6.48. The topological polar surface area (TPSA) is 81.4 Å². The van der Waals surface area contributed by atoms with Crippen LogP contribution in [0.2, 0.25) is 0 Å². The summed E-state index contributed by atoms with van der Waals surface area (Å²) in [6, 6.07) is 7.04. The minimum absolute atomic E-state index is 0. The maximum absolute atomic E-state index is 12.0. The zero-order chi connectivity index (χ0) is 16.5. The molecule has 0 aliphatic heterocycles. The maximum atomic E-state index is 12.0. The second kappa shape index (κ2) is 11.3. The van der Waals surface area contributed by atoms with Gasteiger partial charge in [-0.05, 0) is 30.0 Å². The largest absolute Gasteiger partial charge is 0.468 e. The molecule has 0 aliphatic carbocycles. The molecule has 0 saturated heterocycles. The van der Waals surface area contributed by atoms with E-state index in [4.69, 9.17) is 5.73 Å². The number of carbonyl (C=O) groups is 2. The van der Waals surface area contributed by atoms with Crippen LogP contribution in [0.25, 0.3) is 0 Å². The maximum Gasteiger partial charge on any atom is 0.315 e. The Morgan fingerprint density at radius 2 is 2.04 bits per heavy atom. The lowest BCUT2D eigenvalue weighted by atomic mass is 10.0. The molecule has 0 aromatic heterocycles. The van der Waals surface area contributed by atoms with Crippen LogP contribution in [0.1, 0.15) is 25.8 Å². The summed E-state index contributed by atoms with van der Waals surface area (Å²) >= 11 is 1.47. The Morgan fingerprint density at radius 1 is 1.35 bits per heavy atom. The highest BCUT2D eigenvalue weighted by Gasteiger charge is 2.15.